The lowest BCUT2D eigenvalue weighted by Gasteiger charge is -2.39. The van der Waals surface area contributed by atoms with Gasteiger partial charge in [0.15, 0.2) is 8.32 Å². The molecule has 0 spiro atoms. The molecule has 0 N–H and O–H groups in total. The molecule has 1 aliphatic heterocycles. The molecule has 27 heavy (non-hydrogen) atoms. The topological polar surface area (TPSA) is 29.5 Å². The van der Waals surface area contributed by atoms with Crippen LogP contribution in [0.15, 0.2) is 30.3 Å². The Balaban J connectivity index is 2.06. The van der Waals surface area contributed by atoms with Crippen molar-refractivity contribution >= 4 is 42.5 Å². The molecule has 0 unspecified atom stereocenters. The van der Waals surface area contributed by atoms with Crippen molar-refractivity contribution in [3.8, 4) is 0 Å². The fraction of sp³-hybridized carbons (Fsp3) is 0.619. The predicted octanol–water partition coefficient (Wildman–Crippen LogP) is 5.65. The molecule has 1 amide bonds. The molecule has 0 bridgehead atoms. The van der Waals surface area contributed by atoms with E-state index in [2.05, 4.69) is 52.9 Å². The van der Waals surface area contributed by atoms with Gasteiger partial charge < -0.3 is 4.43 Å². The Morgan fingerprint density at radius 3 is 2.52 bits per heavy atom. The number of thioether (sulfide) groups is 1. The van der Waals surface area contributed by atoms with E-state index in [1.807, 2.05) is 23.1 Å². The number of nitrogens with zero attached hydrogens (tertiary/aromatic N) is 1. The van der Waals surface area contributed by atoms with E-state index in [1.165, 1.54) is 5.56 Å². The van der Waals surface area contributed by atoms with Gasteiger partial charge in [0.1, 0.15) is 4.32 Å². The summed E-state index contributed by atoms with van der Waals surface area (Å²) < 4.78 is 7.22. The third-order valence-electron chi connectivity index (χ3n) is 5.67. The van der Waals surface area contributed by atoms with Gasteiger partial charge in [-0.15, -0.1) is 0 Å². The van der Waals surface area contributed by atoms with Gasteiger partial charge in [-0.05, 0) is 36.5 Å². The van der Waals surface area contributed by atoms with Crippen molar-refractivity contribution in [3.63, 3.8) is 0 Å². The summed E-state index contributed by atoms with van der Waals surface area (Å²) in [6.07, 6.45) is 2.06. The lowest BCUT2D eigenvalue weighted by atomic mass is 10.1. The summed E-state index contributed by atoms with van der Waals surface area (Å²) in [6.45, 7) is 13.3. The predicted molar refractivity (Wildman–Crippen MR) is 123 cm³/mol. The maximum absolute atomic E-state index is 13.1. The van der Waals surface area contributed by atoms with Crippen molar-refractivity contribution in [2.24, 2.45) is 0 Å². The number of thiocarbonyl (C=S) groups is 1. The van der Waals surface area contributed by atoms with Crippen LogP contribution in [0.2, 0.25) is 18.1 Å². The van der Waals surface area contributed by atoms with Crippen LogP contribution < -0.4 is 0 Å². The molecule has 1 fully saturated rings. The molecule has 0 saturated carbocycles. The van der Waals surface area contributed by atoms with E-state index in [9.17, 15) is 4.79 Å². The molecule has 0 radical (unpaired) electrons. The van der Waals surface area contributed by atoms with Crippen molar-refractivity contribution in [2.75, 3.05) is 5.75 Å². The molecular formula is C21H33NO2S2Si. The van der Waals surface area contributed by atoms with Crippen LogP contribution in [0, 0.1) is 0 Å². The first-order valence-electron chi connectivity index (χ1n) is 9.75. The first kappa shape index (κ1) is 22.6. The standard InChI is InChI=1S/C21H33NO2S2Si/c1-7-18(24-27(5,6)21(2,3)4)14-19(23)22-17(15-26-20(22)25)13-16-11-9-8-10-12-16/h8-12,17-18H,7,13-15H2,1-6H3/t17-,18-/m1/s1. The van der Waals surface area contributed by atoms with Crippen molar-refractivity contribution < 1.29 is 9.22 Å². The van der Waals surface area contributed by atoms with Crippen LogP contribution in [0.3, 0.4) is 0 Å². The van der Waals surface area contributed by atoms with Crippen LogP contribution in [-0.2, 0) is 15.6 Å². The lowest BCUT2D eigenvalue weighted by molar-refractivity contribution is -0.130. The molecule has 1 saturated heterocycles. The molecule has 0 aliphatic carbocycles. The summed E-state index contributed by atoms with van der Waals surface area (Å²) in [5.41, 5.74) is 1.25. The van der Waals surface area contributed by atoms with Crippen molar-refractivity contribution in [1.29, 1.82) is 0 Å². The highest BCUT2D eigenvalue weighted by Crippen LogP contribution is 2.38. The molecule has 2 atom stereocenters. The first-order valence-corrected chi connectivity index (χ1v) is 14.1. The monoisotopic (exact) mass is 423 g/mol. The highest BCUT2D eigenvalue weighted by atomic mass is 32.2. The van der Waals surface area contributed by atoms with Crippen LogP contribution >= 0.6 is 24.0 Å². The van der Waals surface area contributed by atoms with Crippen LogP contribution in [-0.4, -0.2) is 41.3 Å². The summed E-state index contributed by atoms with van der Waals surface area (Å²) in [4.78, 5) is 15.0. The Bertz CT molecular complexity index is 658. The van der Waals surface area contributed by atoms with E-state index in [4.69, 9.17) is 16.6 Å². The van der Waals surface area contributed by atoms with Crippen LogP contribution in [0.4, 0.5) is 0 Å². The molecule has 0 aromatic heterocycles. The van der Waals surface area contributed by atoms with Gasteiger partial charge in [-0.1, -0.05) is 82.0 Å². The minimum atomic E-state index is -1.90. The Morgan fingerprint density at radius 1 is 1.33 bits per heavy atom. The van der Waals surface area contributed by atoms with Crippen molar-refractivity contribution in [1.82, 2.24) is 4.90 Å². The van der Waals surface area contributed by atoms with Gasteiger partial charge >= 0.3 is 0 Å². The molecule has 150 valence electrons. The average molecular weight is 424 g/mol. The van der Waals surface area contributed by atoms with Crippen LogP contribution in [0.5, 0.6) is 0 Å². The zero-order valence-electron chi connectivity index (χ0n) is 17.5. The minimum absolute atomic E-state index is 0.0378. The second kappa shape index (κ2) is 9.20. The van der Waals surface area contributed by atoms with Gasteiger partial charge in [0, 0.05) is 5.75 Å². The molecular weight excluding hydrogens is 390 g/mol. The van der Waals surface area contributed by atoms with E-state index < -0.39 is 8.32 Å². The summed E-state index contributed by atoms with van der Waals surface area (Å²) in [5, 5.41) is 0.137. The fourth-order valence-corrected chi connectivity index (χ4v) is 5.84. The first-order chi connectivity index (χ1) is 12.5. The summed E-state index contributed by atoms with van der Waals surface area (Å²) in [7, 11) is -1.90. The van der Waals surface area contributed by atoms with E-state index in [0.717, 1.165) is 18.6 Å². The maximum atomic E-state index is 13.1. The maximum Gasteiger partial charge on any atom is 0.230 e. The Hall–Kier alpha value is -0.693. The van der Waals surface area contributed by atoms with Gasteiger partial charge in [0.25, 0.3) is 0 Å². The van der Waals surface area contributed by atoms with Crippen LogP contribution in [0.1, 0.15) is 46.1 Å². The Kier molecular flexibility index (Phi) is 7.70. The highest BCUT2D eigenvalue weighted by molar-refractivity contribution is 8.23. The number of rotatable bonds is 7. The van der Waals surface area contributed by atoms with E-state index in [0.29, 0.717) is 10.7 Å². The summed E-state index contributed by atoms with van der Waals surface area (Å²) >= 11 is 7.12. The number of amides is 1. The third kappa shape index (κ3) is 5.89. The number of benzene rings is 1. The SMILES string of the molecule is CC[C@H](CC(=O)N1C(=S)SC[C@H]1Cc1ccccc1)O[Si](C)(C)C(C)(C)C. The molecule has 1 aromatic rings. The van der Waals surface area contributed by atoms with Gasteiger partial charge in [0.05, 0.1) is 18.6 Å². The zero-order chi connectivity index (χ0) is 20.2. The molecule has 6 heteroatoms. The normalized spacial score (nSPS) is 19.4. The summed E-state index contributed by atoms with van der Waals surface area (Å²) in [6, 6.07) is 10.5. The minimum Gasteiger partial charge on any atom is -0.413 e. The Labute approximate surface area is 175 Å². The van der Waals surface area contributed by atoms with Gasteiger partial charge in [-0.3, -0.25) is 9.69 Å². The molecule has 3 nitrogen and oxygen atoms in total. The summed E-state index contributed by atoms with van der Waals surface area (Å²) in [5.74, 6) is 0.982. The zero-order valence-corrected chi connectivity index (χ0v) is 20.1. The smallest absolute Gasteiger partial charge is 0.230 e. The van der Waals surface area contributed by atoms with E-state index in [-0.39, 0.29) is 23.1 Å². The van der Waals surface area contributed by atoms with Crippen molar-refractivity contribution in [3.05, 3.63) is 35.9 Å². The second-order valence-electron chi connectivity index (χ2n) is 8.80. The van der Waals surface area contributed by atoms with Gasteiger partial charge in [-0.25, -0.2) is 0 Å². The van der Waals surface area contributed by atoms with Gasteiger partial charge in [-0.2, -0.15) is 0 Å². The third-order valence-corrected chi connectivity index (χ3v) is 11.7. The molecule has 1 aliphatic rings. The molecule has 2 rings (SSSR count). The van der Waals surface area contributed by atoms with Crippen LogP contribution in [0.25, 0.3) is 0 Å². The molecule has 1 heterocycles. The highest BCUT2D eigenvalue weighted by Gasteiger charge is 2.40. The number of carbonyl (C=O) groups is 1. The Morgan fingerprint density at radius 2 is 1.96 bits per heavy atom. The molecule has 1 aromatic carbocycles. The van der Waals surface area contributed by atoms with E-state index >= 15 is 0 Å². The largest absolute Gasteiger partial charge is 0.413 e. The average Bonchev–Trinajstić information content (AvgIpc) is 2.94. The number of hydrogen-bond acceptors (Lipinski definition) is 4. The lowest BCUT2D eigenvalue weighted by Crippen LogP contribution is -2.46. The van der Waals surface area contributed by atoms with Crippen molar-refractivity contribution in [2.45, 2.75) is 77.2 Å². The number of hydrogen-bond donors (Lipinski definition) is 0. The van der Waals surface area contributed by atoms with Gasteiger partial charge in [0.2, 0.25) is 5.91 Å². The second-order valence-corrected chi connectivity index (χ2v) is 15.2. The number of carbonyl (C=O) groups excluding carboxylic acids is 1. The quantitative estimate of drug-likeness (QED) is 0.419. The fourth-order valence-electron chi connectivity index (χ4n) is 2.96. The van der Waals surface area contributed by atoms with E-state index in [1.54, 1.807) is 11.8 Å².